The molecule has 0 aromatic heterocycles. The summed E-state index contributed by atoms with van der Waals surface area (Å²) in [6, 6.07) is 8.16. The number of nitrogens with two attached hydrogens (primary N) is 1. The second-order valence-electron chi connectivity index (χ2n) is 4.05. The lowest BCUT2D eigenvalue weighted by Crippen LogP contribution is -2.35. The second-order valence-corrected chi connectivity index (χ2v) is 4.05. The molecule has 0 radical (unpaired) electrons. The van der Waals surface area contributed by atoms with Crippen LogP contribution in [-0.4, -0.2) is 27.7 Å². The van der Waals surface area contributed by atoms with E-state index in [4.69, 9.17) is 10.5 Å². The first-order chi connectivity index (χ1) is 7.05. The fourth-order valence-corrected chi connectivity index (χ4v) is 1.61. The molecule has 2 N–H and O–H groups in total. The minimum absolute atomic E-state index is 0.416. The molecule has 0 heterocycles. The van der Waals surface area contributed by atoms with Crippen LogP contribution in [0.2, 0.25) is 0 Å². The number of methoxy groups -OCH3 is 1. The minimum Gasteiger partial charge on any atom is -0.377 e. The van der Waals surface area contributed by atoms with Crippen molar-refractivity contribution in [2.75, 3.05) is 32.6 Å². The molecule has 0 aliphatic rings. The highest BCUT2D eigenvalue weighted by atomic mass is 16.5. The van der Waals surface area contributed by atoms with Crippen LogP contribution in [0.3, 0.4) is 0 Å². The van der Waals surface area contributed by atoms with Gasteiger partial charge in [-0.3, -0.25) is 0 Å². The summed E-state index contributed by atoms with van der Waals surface area (Å²) in [6.07, 6.45) is 0. The van der Waals surface area contributed by atoms with E-state index in [1.165, 1.54) is 0 Å². The van der Waals surface area contributed by atoms with Crippen LogP contribution in [0, 0.1) is 0 Å². The lowest BCUT2D eigenvalue weighted by Gasteiger charge is -2.31. The predicted octanol–water partition coefficient (Wildman–Crippen LogP) is 1.57. The van der Waals surface area contributed by atoms with Crippen LogP contribution in [0.4, 0.5) is 5.69 Å². The predicted molar refractivity (Wildman–Crippen MR) is 64.2 cm³/mol. The number of benzene rings is 1. The van der Waals surface area contributed by atoms with Crippen molar-refractivity contribution in [1.82, 2.24) is 0 Å². The number of rotatable bonds is 4. The highest BCUT2D eigenvalue weighted by molar-refractivity contribution is 5.55. The first-order valence-corrected chi connectivity index (χ1v) is 5.07. The maximum absolute atomic E-state index is 5.78. The molecule has 0 bridgehead atoms. The third-order valence-corrected chi connectivity index (χ3v) is 2.80. The molecule has 15 heavy (non-hydrogen) atoms. The van der Waals surface area contributed by atoms with Crippen LogP contribution < -0.4 is 10.6 Å². The molecular weight excluding hydrogens is 188 g/mol. The van der Waals surface area contributed by atoms with Gasteiger partial charge in [-0.2, -0.15) is 0 Å². The van der Waals surface area contributed by atoms with E-state index in [1.54, 1.807) is 7.11 Å². The summed E-state index contributed by atoms with van der Waals surface area (Å²) in [5.74, 6) is 0. The Balaban J connectivity index is 3.23. The topological polar surface area (TPSA) is 38.5 Å². The molecule has 1 aromatic rings. The van der Waals surface area contributed by atoms with Gasteiger partial charge in [0.1, 0.15) is 5.60 Å². The van der Waals surface area contributed by atoms with E-state index >= 15 is 0 Å². The molecule has 1 aromatic carbocycles. The maximum Gasteiger partial charge on any atom is 0.104 e. The van der Waals surface area contributed by atoms with Gasteiger partial charge < -0.3 is 15.4 Å². The Bertz CT molecular complexity index is 319. The van der Waals surface area contributed by atoms with Gasteiger partial charge in [0.05, 0.1) is 0 Å². The highest BCUT2D eigenvalue weighted by Gasteiger charge is 2.27. The smallest absolute Gasteiger partial charge is 0.104 e. The molecule has 1 atom stereocenters. The van der Waals surface area contributed by atoms with Crippen molar-refractivity contribution >= 4 is 5.69 Å². The first kappa shape index (κ1) is 12.0. The molecule has 0 aliphatic carbocycles. The van der Waals surface area contributed by atoms with E-state index in [2.05, 4.69) is 17.0 Å². The summed E-state index contributed by atoms with van der Waals surface area (Å²) in [6.45, 7) is 2.48. The molecule has 0 aliphatic heterocycles. The number of nitrogens with zero attached hydrogens (tertiary/aromatic N) is 1. The largest absolute Gasteiger partial charge is 0.377 e. The van der Waals surface area contributed by atoms with Gasteiger partial charge in [0, 0.05) is 39.0 Å². The Morgan fingerprint density at radius 1 is 1.33 bits per heavy atom. The van der Waals surface area contributed by atoms with Crippen molar-refractivity contribution in [3.63, 3.8) is 0 Å². The van der Waals surface area contributed by atoms with Gasteiger partial charge in [-0.15, -0.1) is 0 Å². The Labute approximate surface area is 91.8 Å². The fraction of sp³-hybridized carbons (Fsp3) is 0.500. The molecule has 0 fully saturated rings. The monoisotopic (exact) mass is 208 g/mol. The lowest BCUT2D eigenvalue weighted by atomic mass is 9.94. The Hall–Kier alpha value is -1.06. The molecular formula is C12H20N2O. The van der Waals surface area contributed by atoms with Gasteiger partial charge in [-0.25, -0.2) is 0 Å². The molecule has 0 spiro atoms. The second kappa shape index (κ2) is 4.64. The molecule has 3 heteroatoms. The Kier molecular flexibility index (Phi) is 3.72. The zero-order chi connectivity index (χ0) is 11.5. The average molecular weight is 208 g/mol. The molecule has 0 saturated carbocycles. The number of para-hydroxylation sites is 1. The molecule has 3 nitrogen and oxygen atoms in total. The number of hydrogen-bond donors (Lipinski definition) is 1. The first-order valence-electron chi connectivity index (χ1n) is 5.07. The van der Waals surface area contributed by atoms with Crippen molar-refractivity contribution in [2.24, 2.45) is 5.73 Å². The van der Waals surface area contributed by atoms with E-state index in [-0.39, 0.29) is 0 Å². The minimum atomic E-state index is -0.416. The molecule has 84 valence electrons. The van der Waals surface area contributed by atoms with Gasteiger partial charge in [-0.1, -0.05) is 18.2 Å². The van der Waals surface area contributed by atoms with Crippen LogP contribution >= 0.6 is 0 Å². The normalized spacial score (nSPS) is 14.7. The van der Waals surface area contributed by atoms with E-state index in [1.807, 2.05) is 33.2 Å². The van der Waals surface area contributed by atoms with Crippen LogP contribution in [-0.2, 0) is 10.3 Å². The highest BCUT2D eigenvalue weighted by Crippen LogP contribution is 2.31. The summed E-state index contributed by atoms with van der Waals surface area (Å²) in [4.78, 5) is 2.07. The third-order valence-electron chi connectivity index (χ3n) is 2.80. The summed E-state index contributed by atoms with van der Waals surface area (Å²) < 4.78 is 5.51. The molecule has 0 saturated heterocycles. The van der Waals surface area contributed by atoms with Crippen molar-refractivity contribution in [1.29, 1.82) is 0 Å². The van der Waals surface area contributed by atoms with Crippen LogP contribution in [0.15, 0.2) is 24.3 Å². The van der Waals surface area contributed by atoms with Gasteiger partial charge in [0.15, 0.2) is 0 Å². The van der Waals surface area contributed by atoms with Crippen molar-refractivity contribution in [3.05, 3.63) is 29.8 Å². The number of hydrogen-bond acceptors (Lipinski definition) is 3. The standard InChI is InChI=1S/C12H20N2O/c1-12(9-13,15-4)10-7-5-6-8-11(10)14(2)3/h5-8H,9,13H2,1-4H3. The van der Waals surface area contributed by atoms with Crippen molar-refractivity contribution < 1.29 is 4.74 Å². The number of ether oxygens (including phenoxy) is 1. The zero-order valence-corrected chi connectivity index (χ0v) is 9.95. The lowest BCUT2D eigenvalue weighted by molar-refractivity contribution is 0.0105. The average Bonchev–Trinajstić information content (AvgIpc) is 2.28. The summed E-state index contributed by atoms with van der Waals surface area (Å²) in [7, 11) is 5.73. The van der Waals surface area contributed by atoms with E-state index in [0.717, 1.165) is 11.3 Å². The van der Waals surface area contributed by atoms with Crippen LogP contribution in [0.25, 0.3) is 0 Å². The van der Waals surface area contributed by atoms with Crippen molar-refractivity contribution in [2.45, 2.75) is 12.5 Å². The van der Waals surface area contributed by atoms with Crippen LogP contribution in [0.5, 0.6) is 0 Å². The number of anilines is 1. The van der Waals surface area contributed by atoms with Gasteiger partial charge in [0.25, 0.3) is 0 Å². The Morgan fingerprint density at radius 2 is 1.93 bits per heavy atom. The van der Waals surface area contributed by atoms with Crippen LogP contribution in [0.1, 0.15) is 12.5 Å². The van der Waals surface area contributed by atoms with Gasteiger partial charge in [-0.05, 0) is 13.0 Å². The summed E-state index contributed by atoms with van der Waals surface area (Å²) in [5.41, 5.74) is 7.63. The Morgan fingerprint density at radius 3 is 2.40 bits per heavy atom. The van der Waals surface area contributed by atoms with E-state index < -0.39 is 5.60 Å². The summed E-state index contributed by atoms with van der Waals surface area (Å²) >= 11 is 0. The quantitative estimate of drug-likeness (QED) is 0.816. The fourth-order valence-electron chi connectivity index (χ4n) is 1.61. The summed E-state index contributed by atoms with van der Waals surface area (Å²) in [5, 5.41) is 0. The zero-order valence-electron chi connectivity index (χ0n) is 9.95. The third kappa shape index (κ3) is 2.30. The van der Waals surface area contributed by atoms with Gasteiger partial charge in [0.2, 0.25) is 0 Å². The van der Waals surface area contributed by atoms with E-state index in [0.29, 0.717) is 6.54 Å². The molecule has 1 unspecified atom stereocenters. The molecule has 1 rings (SSSR count). The SMILES string of the molecule is COC(C)(CN)c1ccccc1N(C)C. The molecule has 0 amide bonds. The van der Waals surface area contributed by atoms with Gasteiger partial charge >= 0.3 is 0 Å². The van der Waals surface area contributed by atoms with E-state index in [9.17, 15) is 0 Å². The van der Waals surface area contributed by atoms with Crippen molar-refractivity contribution in [3.8, 4) is 0 Å². The maximum atomic E-state index is 5.78.